The molecule has 1 N–H and O–H groups in total. The van der Waals surface area contributed by atoms with Crippen molar-refractivity contribution in [2.75, 3.05) is 20.1 Å². The largest absolute Gasteiger partial charge is 0.491 e. The summed E-state index contributed by atoms with van der Waals surface area (Å²) in [7, 11) is 2.20. The zero-order valence-electron chi connectivity index (χ0n) is 13.2. The summed E-state index contributed by atoms with van der Waals surface area (Å²) in [6, 6.07) is 9.47. The highest BCUT2D eigenvalue weighted by molar-refractivity contribution is 5.30. The summed E-state index contributed by atoms with van der Waals surface area (Å²) in [6.07, 6.45) is 2.70. The first-order chi connectivity index (χ1) is 9.54. The van der Waals surface area contributed by atoms with Crippen LogP contribution in [-0.2, 0) is 0 Å². The molecule has 0 saturated carbocycles. The number of likely N-dealkylation sites (tertiary alicyclic amines) is 1. The van der Waals surface area contributed by atoms with E-state index < -0.39 is 0 Å². The average Bonchev–Trinajstić information content (AvgIpc) is 2.41. The van der Waals surface area contributed by atoms with Crippen LogP contribution in [0.4, 0.5) is 0 Å². The van der Waals surface area contributed by atoms with Crippen LogP contribution in [0.25, 0.3) is 0 Å². The van der Waals surface area contributed by atoms with Crippen molar-refractivity contribution in [1.29, 1.82) is 0 Å². The maximum absolute atomic E-state index is 5.77. The van der Waals surface area contributed by atoms with E-state index in [1.54, 1.807) is 0 Å². The van der Waals surface area contributed by atoms with Gasteiger partial charge in [0.05, 0.1) is 6.10 Å². The number of nitrogens with one attached hydrogen (secondary N) is 1. The highest BCUT2D eigenvalue weighted by Crippen LogP contribution is 2.21. The maximum atomic E-state index is 5.77. The summed E-state index contributed by atoms with van der Waals surface area (Å²) in [5.41, 5.74) is 1.31. The fraction of sp³-hybridized carbons (Fsp3) is 0.647. The van der Waals surface area contributed by atoms with E-state index in [4.69, 9.17) is 4.74 Å². The van der Waals surface area contributed by atoms with Crippen molar-refractivity contribution in [2.24, 2.45) is 0 Å². The van der Waals surface area contributed by atoms with Crippen LogP contribution in [0.1, 0.15) is 45.2 Å². The molecule has 2 rings (SSSR count). The lowest BCUT2D eigenvalue weighted by molar-refractivity contribution is 0.226. The van der Waals surface area contributed by atoms with Crippen LogP contribution in [0, 0.1) is 0 Å². The minimum Gasteiger partial charge on any atom is -0.491 e. The molecule has 1 fully saturated rings. The Bertz CT molecular complexity index is 411. The number of rotatable bonds is 5. The van der Waals surface area contributed by atoms with Crippen molar-refractivity contribution in [3.63, 3.8) is 0 Å². The number of ether oxygens (including phenoxy) is 1. The molecule has 1 atom stereocenters. The van der Waals surface area contributed by atoms with Crippen molar-refractivity contribution in [3.05, 3.63) is 29.8 Å². The molecule has 0 aromatic heterocycles. The van der Waals surface area contributed by atoms with Crippen molar-refractivity contribution in [3.8, 4) is 5.75 Å². The summed E-state index contributed by atoms with van der Waals surface area (Å²) in [5.74, 6) is 0.967. The van der Waals surface area contributed by atoms with Gasteiger partial charge in [0.2, 0.25) is 0 Å². The molecule has 0 radical (unpaired) electrons. The molecule has 1 aromatic carbocycles. The second-order valence-electron chi connectivity index (χ2n) is 6.20. The molecule has 0 bridgehead atoms. The third-order valence-electron chi connectivity index (χ3n) is 3.93. The Kier molecular flexibility index (Phi) is 5.44. The molecular weight excluding hydrogens is 248 g/mol. The van der Waals surface area contributed by atoms with Gasteiger partial charge in [-0.25, -0.2) is 0 Å². The Balaban J connectivity index is 1.93. The Morgan fingerprint density at radius 2 is 1.90 bits per heavy atom. The van der Waals surface area contributed by atoms with Crippen LogP contribution < -0.4 is 10.1 Å². The molecule has 1 aliphatic heterocycles. The van der Waals surface area contributed by atoms with E-state index in [2.05, 4.69) is 56.2 Å². The average molecular weight is 276 g/mol. The van der Waals surface area contributed by atoms with Crippen LogP contribution in [0.2, 0.25) is 0 Å². The van der Waals surface area contributed by atoms with Gasteiger partial charge in [-0.05, 0) is 71.4 Å². The van der Waals surface area contributed by atoms with Crippen LogP contribution in [0.15, 0.2) is 24.3 Å². The summed E-state index contributed by atoms with van der Waals surface area (Å²) in [6.45, 7) is 8.76. The first kappa shape index (κ1) is 15.3. The number of hydrogen-bond acceptors (Lipinski definition) is 3. The lowest BCUT2D eigenvalue weighted by Gasteiger charge is -2.31. The lowest BCUT2D eigenvalue weighted by atomic mass is 10.0. The van der Waals surface area contributed by atoms with E-state index >= 15 is 0 Å². The van der Waals surface area contributed by atoms with Crippen molar-refractivity contribution in [1.82, 2.24) is 10.2 Å². The number of benzene rings is 1. The summed E-state index contributed by atoms with van der Waals surface area (Å²) < 4.78 is 5.77. The molecule has 1 heterocycles. The molecule has 0 amide bonds. The molecule has 112 valence electrons. The van der Waals surface area contributed by atoms with Crippen molar-refractivity contribution >= 4 is 0 Å². The lowest BCUT2D eigenvalue weighted by Crippen LogP contribution is -2.41. The zero-order chi connectivity index (χ0) is 14.5. The minimum absolute atomic E-state index is 0.224. The predicted octanol–water partition coefficient (Wildman–Crippen LogP) is 3.22. The first-order valence-corrected chi connectivity index (χ1v) is 7.76. The van der Waals surface area contributed by atoms with Crippen LogP contribution in [0.3, 0.4) is 0 Å². The fourth-order valence-corrected chi connectivity index (χ4v) is 2.75. The van der Waals surface area contributed by atoms with Gasteiger partial charge >= 0.3 is 0 Å². The van der Waals surface area contributed by atoms with E-state index in [1.807, 2.05) is 6.07 Å². The van der Waals surface area contributed by atoms with Crippen molar-refractivity contribution in [2.45, 2.75) is 51.8 Å². The van der Waals surface area contributed by atoms with Crippen LogP contribution >= 0.6 is 0 Å². The van der Waals surface area contributed by atoms with Gasteiger partial charge in [-0.1, -0.05) is 12.1 Å². The molecule has 0 aliphatic carbocycles. The summed E-state index contributed by atoms with van der Waals surface area (Å²) in [4.78, 5) is 2.40. The fourth-order valence-electron chi connectivity index (χ4n) is 2.75. The first-order valence-electron chi connectivity index (χ1n) is 7.76. The van der Waals surface area contributed by atoms with Crippen LogP contribution in [0.5, 0.6) is 5.75 Å². The Hall–Kier alpha value is -1.06. The SMILES string of the molecule is CC(C)Oc1cccc(C(C)NC2CCN(C)CC2)c1. The third-order valence-corrected chi connectivity index (χ3v) is 3.93. The second kappa shape index (κ2) is 7.09. The highest BCUT2D eigenvalue weighted by Gasteiger charge is 2.18. The van der Waals surface area contributed by atoms with Gasteiger partial charge in [0.1, 0.15) is 5.75 Å². The molecule has 1 aromatic rings. The molecular formula is C17H28N2O. The number of piperidine rings is 1. The topological polar surface area (TPSA) is 24.5 Å². The summed E-state index contributed by atoms with van der Waals surface area (Å²) in [5, 5.41) is 3.75. The minimum atomic E-state index is 0.224. The maximum Gasteiger partial charge on any atom is 0.120 e. The van der Waals surface area contributed by atoms with Gasteiger partial charge in [0.25, 0.3) is 0 Å². The number of nitrogens with zero attached hydrogens (tertiary/aromatic N) is 1. The molecule has 1 saturated heterocycles. The Morgan fingerprint density at radius 1 is 1.20 bits per heavy atom. The smallest absolute Gasteiger partial charge is 0.120 e. The quantitative estimate of drug-likeness (QED) is 0.893. The van der Waals surface area contributed by atoms with E-state index in [-0.39, 0.29) is 6.10 Å². The van der Waals surface area contributed by atoms with Crippen LogP contribution in [-0.4, -0.2) is 37.2 Å². The van der Waals surface area contributed by atoms with Gasteiger partial charge < -0.3 is 15.0 Å². The molecule has 1 aliphatic rings. The molecule has 3 heteroatoms. The molecule has 3 nitrogen and oxygen atoms in total. The molecule has 0 spiro atoms. The van der Waals surface area contributed by atoms with Gasteiger partial charge in [-0.15, -0.1) is 0 Å². The monoisotopic (exact) mass is 276 g/mol. The van der Waals surface area contributed by atoms with Gasteiger partial charge in [-0.3, -0.25) is 0 Å². The molecule has 20 heavy (non-hydrogen) atoms. The zero-order valence-corrected chi connectivity index (χ0v) is 13.2. The normalized spacial score (nSPS) is 19.2. The van der Waals surface area contributed by atoms with Crippen molar-refractivity contribution < 1.29 is 4.74 Å². The van der Waals surface area contributed by atoms with E-state index in [9.17, 15) is 0 Å². The summed E-state index contributed by atoms with van der Waals surface area (Å²) >= 11 is 0. The van der Waals surface area contributed by atoms with Gasteiger partial charge in [0.15, 0.2) is 0 Å². The van der Waals surface area contributed by atoms with Gasteiger partial charge in [0, 0.05) is 12.1 Å². The second-order valence-corrected chi connectivity index (χ2v) is 6.20. The number of hydrogen-bond donors (Lipinski definition) is 1. The van der Waals surface area contributed by atoms with E-state index in [1.165, 1.54) is 31.5 Å². The van der Waals surface area contributed by atoms with E-state index in [0.717, 1.165) is 5.75 Å². The Labute approximate surface area is 123 Å². The van der Waals surface area contributed by atoms with E-state index in [0.29, 0.717) is 12.1 Å². The third kappa shape index (κ3) is 4.50. The highest BCUT2D eigenvalue weighted by atomic mass is 16.5. The Morgan fingerprint density at radius 3 is 2.55 bits per heavy atom. The molecule has 1 unspecified atom stereocenters. The van der Waals surface area contributed by atoms with Gasteiger partial charge in [-0.2, -0.15) is 0 Å². The predicted molar refractivity (Wildman–Crippen MR) is 84.3 cm³/mol. The standard InChI is InChI=1S/C17H28N2O/c1-13(2)20-17-7-5-6-15(12-17)14(3)18-16-8-10-19(4)11-9-16/h5-7,12-14,16,18H,8-11H2,1-4H3.